The van der Waals surface area contributed by atoms with Crippen LogP contribution in [0.5, 0.6) is 0 Å². The second-order valence-electron chi connectivity index (χ2n) is 13.5. The van der Waals surface area contributed by atoms with Crippen molar-refractivity contribution in [3.8, 4) is 0 Å². The summed E-state index contributed by atoms with van der Waals surface area (Å²) in [7, 11) is 0. The monoisotopic (exact) mass is 689 g/mol. The van der Waals surface area contributed by atoms with E-state index in [0.717, 1.165) is 75.8 Å². The van der Waals surface area contributed by atoms with Crippen LogP contribution in [0.4, 0.5) is 5.69 Å². The van der Waals surface area contributed by atoms with Crippen LogP contribution in [-0.4, -0.2) is 95.5 Å². The second-order valence-corrected chi connectivity index (χ2v) is 14.4. The van der Waals surface area contributed by atoms with Gasteiger partial charge in [0.1, 0.15) is 11.6 Å². The quantitative estimate of drug-likeness (QED) is 0.364. The summed E-state index contributed by atoms with van der Waals surface area (Å²) >= 11 is 3.44. The van der Waals surface area contributed by atoms with Crippen molar-refractivity contribution in [3.63, 3.8) is 0 Å². The lowest BCUT2D eigenvalue weighted by molar-refractivity contribution is -0.141. The van der Waals surface area contributed by atoms with E-state index < -0.39 is 29.6 Å². The summed E-state index contributed by atoms with van der Waals surface area (Å²) in [5.74, 6) is -2.00. The van der Waals surface area contributed by atoms with Crippen molar-refractivity contribution in [1.82, 2.24) is 20.0 Å². The fourth-order valence-electron chi connectivity index (χ4n) is 8.27. The first-order chi connectivity index (χ1) is 22.4. The number of nitrogens with zero attached hydrogens (tertiary/aromatic N) is 3. The van der Waals surface area contributed by atoms with Crippen molar-refractivity contribution in [3.05, 3.63) is 76.8 Å². The summed E-state index contributed by atoms with van der Waals surface area (Å²) in [6.07, 6.45) is 9.30. The van der Waals surface area contributed by atoms with Gasteiger partial charge in [-0.25, -0.2) is 0 Å². The molecule has 4 heterocycles. The fraction of sp³-hybridized carbons (Fsp3) is 0.528. The van der Waals surface area contributed by atoms with Crippen LogP contribution >= 0.6 is 15.9 Å². The highest BCUT2D eigenvalue weighted by molar-refractivity contribution is 9.10. The Kier molecular flexibility index (Phi) is 9.32. The normalized spacial score (nSPS) is 29.7. The summed E-state index contributed by atoms with van der Waals surface area (Å²) in [6, 6.07) is 17.3. The molecule has 2 aromatic rings. The minimum absolute atomic E-state index is 0.111. The molecule has 0 radical (unpaired) electrons. The molecule has 7 rings (SSSR count). The molecule has 1 saturated carbocycles. The second kappa shape index (κ2) is 13.6. The minimum Gasteiger partial charge on any atom is -0.359 e. The first-order valence-electron chi connectivity index (χ1n) is 16.9. The summed E-state index contributed by atoms with van der Waals surface area (Å²) in [5, 5.41) is 6.29. The van der Waals surface area contributed by atoms with Gasteiger partial charge in [-0.3, -0.25) is 19.3 Å². The summed E-state index contributed by atoms with van der Waals surface area (Å²) in [4.78, 5) is 48.8. The molecule has 0 unspecified atom stereocenters. The minimum atomic E-state index is -1.13. The largest absolute Gasteiger partial charge is 0.359 e. The highest BCUT2D eigenvalue weighted by Crippen LogP contribution is 2.55. The Balaban J connectivity index is 1.04. The first kappa shape index (κ1) is 31.5. The molecule has 244 valence electrons. The molecule has 3 saturated heterocycles. The van der Waals surface area contributed by atoms with Crippen molar-refractivity contribution in [2.24, 2.45) is 11.8 Å². The number of hydrogen-bond acceptors (Lipinski definition) is 6. The van der Waals surface area contributed by atoms with Gasteiger partial charge in [-0.15, -0.1) is 0 Å². The number of carbonyl (C=O) groups is 3. The van der Waals surface area contributed by atoms with Crippen LogP contribution in [-0.2, 0) is 25.7 Å². The number of amides is 3. The summed E-state index contributed by atoms with van der Waals surface area (Å²) < 4.78 is 7.45. The van der Waals surface area contributed by atoms with Crippen LogP contribution in [0.2, 0.25) is 0 Å². The van der Waals surface area contributed by atoms with E-state index in [2.05, 4.69) is 66.7 Å². The molecule has 0 aromatic heterocycles. The standard InChI is InChI=1S/C36H44BrN5O4/c37-26-12-14-28(15-13-26)38-33(43)30-29-16-17-36(46-29)31(30)35(45)42(32(36)34(44)39-27-10-5-2-6-11-27)19-7-18-40-20-22-41(23-21-40)24-25-8-3-1-4-9-25/h1,3-4,8-9,12-17,27,29-32H,2,5-7,10-11,18-24H2,(H,38,43)(H,39,44)/t29-,30+,31-,32-,36-/m0/s1. The Morgan fingerprint density at radius 2 is 1.61 bits per heavy atom. The molecule has 46 heavy (non-hydrogen) atoms. The molecule has 5 atom stereocenters. The Labute approximate surface area is 279 Å². The van der Waals surface area contributed by atoms with Gasteiger partial charge in [0.05, 0.1) is 17.9 Å². The Bertz CT molecular complexity index is 1440. The van der Waals surface area contributed by atoms with Crippen LogP contribution in [0.25, 0.3) is 0 Å². The van der Waals surface area contributed by atoms with Crippen LogP contribution in [0.15, 0.2) is 71.2 Å². The van der Waals surface area contributed by atoms with E-state index in [0.29, 0.717) is 12.2 Å². The number of benzene rings is 2. The van der Waals surface area contributed by atoms with E-state index >= 15 is 0 Å². The van der Waals surface area contributed by atoms with E-state index in [-0.39, 0.29) is 23.8 Å². The molecule has 2 aromatic carbocycles. The summed E-state index contributed by atoms with van der Waals surface area (Å²) in [5.41, 5.74) is 0.859. The number of nitrogens with one attached hydrogen (secondary N) is 2. The first-order valence-corrected chi connectivity index (χ1v) is 17.7. The van der Waals surface area contributed by atoms with E-state index in [9.17, 15) is 14.4 Å². The number of rotatable bonds is 10. The zero-order valence-corrected chi connectivity index (χ0v) is 27.9. The van der Waals surface area contributed by atoms with Crippen molar-refractivity contribution < 1.29 is 19.1 Å². The van der Waals surface area contributed by atoms with Crippen molar-refractivity contribution >= 4 is 39.3 Å². The van der Waals surface area contributed by atoms with Gasteiger partial charge in [-0.2, -0.15) is 0 Å². The Morgan fingerprint density at radius 1 is 0.891 bits per heavy atom. The molecule has 9 nitrogen and oxygen atoms in total. The van der Waals surface area contributed by atoms with Gasteiger partial charge < -0.3 is 25.2 Å². The topological polar surface area (TPSA) is 94.2 Å². The lowest BCUT2D eigenvalue weighted by Crippen LogP contribution is -2.56. The summed E-state index contributed by atoms with van der Waals surface area (Å²) in [6.45, 7) is 6.23. The molecule has 1 aliphatic carbocycles. The number of fused-ring (bicyclic) bond motifs is 1. The van der Waals surface area contributed by atoms with Crippen molar-refractivity contribution in [2.75, 3.05) is 44.6 Å². The molecule has 5 aliphatic rings. The molecular weight excluding hydrogens is 646 g/mol. The number of ether oxygens (including phenoxy) is 1. The zero-order valence-electron chi connectivity index (χ0n) is 26.3. The Hall–Kier alpha value is -3.05. The third-order valence-electron chi connectivity index (χ3n) is 10.6. The lowest BCUT2D eigenvalue weighted by atomic mass is 9.74. The molecule has 4 aliphatic heterocycles. The maximum atomic E-state index is 14.3. The van der Waals surface area contributed by atoms with Crippen LogP contribution in [0, 0.1) is 11.8 Å². The molecule has 4 fully saturated rings. The average molecular weight is 691 g/mol. The van der Waals surface area contributed by atoms with Crippen molar-refractivity contribution in [1.29, 1.82) is 0 Å². The van der Waals surface area contributed by atoms with Crippen LogP contribution < -0.4 is 10.6 Å². The fourth-order valence-corrected chi connectivity index (χ4v) is 8.54. The lowest BCUT2D eigenvalue weighted by Gasteiger charge is -2.36. The highest BCUT2D eigenvalue weighted by Gasteiger charge is 2.72. The molecule has 1 spiro atoms. The molecule has 2 bridgehead atoms. The number of carbonyl (C=O) groups excluding carboxylic acids is 3. The van der Waals surface area contributed by atoms with Crippen molar-refractivity contribution in [2.45, 2.75) is 68.9 Å². The van der Waals surface area contributed by atoms with Crippen LogP contribution in [0.3, 0.4) is 0 Å². The Morgan fingerprint density at radius 3 is 2.35 bits per heavy atom. The molecule has 10 heteroatoms. The predicted octanol–water partition coefficient (Wildman–Crippen LogP) is 4.20. The highest BCUT2D eigenvalue weighted by atomic mass is 79.9. The van der Waals surface area contributed by atoms with Gasteiger partial charge >= 0.3 is 0 Å². The SMILES string of the molecule is O=C(Nc1ccc(Br)cc1)[C@@H]1[C@@H]2C=C[C@]3(O2)[C@@H]1C(=O)N(CCCN1CCN(Cc2ccccc2)CC1)[C@H]3C(=O)NC1CCCCC1. The van der Waals surface area contributed by atoms with E-state index in [1.54, 1.807) is 4.90 Å². The third kappa shape index (κ3) is 6.29. The third-order valence-corrected chi connectivity index (χ3v) is 11.1. The van der Waals surface area contributed by atoms with Gasteiger partial charge in [0, 0.05) is 55.5 Å². The van der Waals surface area contributed by atoms with Gasteiger partial charge in [-0.1, -0.05) is 77.7 Å². The smallest absolute Gasteiger partial charge is 0.246 e. The maximum Gasteiger partial charge on any atom is 0.246 e. The predicted molar refractivity (Wildman–Crippen MR) is 180 cm³/mol. The molecular formula is C36H44BrN5O4. The van der Waals surface area contributed by atoms with Gasteiger partial charge in [0.15, 0.2) is 0 Å². The van der Waals surface area contributed by atoms with Gasteiger partial charge in [0.25, 0.3) is 0 Å². The maximum absolute atomic E-state index is 14.3. The number of likely N-dealkylation sites (tertiary alicyclic amines) is 1. The molecule has 3 amide bonds. The van der Waals surface area contributed by atoms with E-state index in [4.69, 9.17) is 4.74 Å². The van der Waals surface area contributed by atoms with Gasteiger partial charge in [-0.05, 0) is 55.6 Å². The van der Waals surface area contributed by atoms with Gasteiger partial charge in [0.2, 0.25) is 17.7 Å². The van der Waals surface area contributed by atoms with E-state index in [1.165, 1.54) is 12.0 Å². The number of halogens is 1. The number of anilines is 1. The zero-order chi connectivity index (χ0) is 31.7. The molecule has 2 N–H and O–H groups in total. The number of hydrogen-bond donors (Lipinski definition) is 2. The van der Waals surface area contributed by atoms with Crippen LogP contribution in [0.1, 0.15) is 44.1 Å². The number of piperazine rings is 1. The average Bonchev–Trinajstić information content (AvgIpc) is 3.71. The van der Waals surface area contributed by atoms with E-state index in [1.807, 2.05) is 36.4 Å².